The number of benzene rings is 1. The molecule has 1 N–H and O–H groups in total. The van der Waals surface area contributed by atoms with Crippen molar-refractivity contribution in [3.05, 3.63) is 68.7 Å². The average molecular weight is 426 g/mol. The number of amides is 1. The lowest BCUT2D eigenvalue weighted by Crippen LogP contribution is -2.40. The number of rotatable bonds is 4. The van der Waals surface area contributed by atoms with Gasteiger partial charge in [0.05, 0.1) is 10.9 Å². The fraction of sp³-hybridized carbons (Fsp3) is 0.348. The van der Waals surface area contributed by atoms with Crippen LogP contribution in [0.25, 0.3) is 10.9 Å². The van der Waals surface area contributed by atoms with Crippen LogP contribution in [0.4, 0.5) is 0 Å². The lowest BCUT2D eigenvalue weighted by molar-refractivity contribution is -0.134. The summed E-state index contributed by atoms with van der Waals surface area (Å²) in [5.74, 6) is 0.821. The minimum Gasteiger partial charge on any atom is -0.484 e. The number of nitrogens with one attached hydrogen (secondary N) is 1. The number of pyridine rings is 2. The first-order chi connectivity index (χ1) is 14.4. The Kier molecular flexibility index (Phi) is 5.77. The van der Waals surface area contributed by atoms with Crippen molar-refractivity contribution in [1.82, 2.24) is 14.9 Å². The smallest absolute Gasteiger partial charge is 0.260 e. The number of likely N-dealkylation sites (tertiary alicyclic amines) is 1. The number of carbonyl (C=O) groups excluding carboxylic acids is 1. The third-order valence-corrected chi connectivity index (χ3v) is 6.29. The summed E-state index contributed by atoms with van der Waals surface area (Å²) >= 11 is 6.18. The molecule has 30 heavy (non-hydrogen) atoms. The van der Waals surface area contributed by atoms with E-state index in [1.54, 1.807) is 18.3 Å². The molecule has 0 atom stereocenters. The molecule has 1 aliphatic heterocycles. The zero-order chi connectivity index (χ0) is 21.3. The molecule has 1 fully saturated rings. The highest BCUT2D eigenvalue weighted by atomic mass is 35.5. The fourth-order valence-corrected chi connectivity index (χ4v) is 4.10. The Labute approximate surface area is 179 Å². The van der Waals surface area contributed by atoms with Crippen molar-refractivity contribution in [2.45, 2.75) is 32.6 Å². The molecule has 6 nitrogen and oxygen atoms in total. The molecule has 0 radical (unpaired) electrons. The molecule has 1 aliphatic rings. The SMILES string of the molecule is Cc1cc(OCC(=O)N2CCC(c3cc4ncccc4c(=O)[nH]3)CC2)cc(C)c1Cl. The van der Waals surface area contributed by atoms with E-state index in [-0.39, 0.29) is 24.0 Å². The van der Waals surface area contributed by atoms with Crippen LogP contribution in [0.1, 0.15) is 35.6 Å². The Hall–Kier alpha value is -2.86. The van der Waals surface area contributed by atoms with E-state index in [9.17, 15) is 9.59 Å². The minimum atomic E-state index is -0.115. The zero-order valence-electron chi connectivity index (χ0n) is 17.1. The lowest BCUT2D eigenvalue weighted by atomic mass is 9.92. The molecule has 0 aliphatic carbocycles. The van der Waals surface area contributed by atoms with Crippen LogP contribution >= 0.6 is 11.6 Å². The van der Waals surface area contributed by atoms with E-state index in [0.717, 1.165) is 34.7 Å². The second-order valence-electron chi connectivity index (χ2n) is 7.80. The Balaban J connectivity index is 1.36. The summed E-state index contributed by atoms with van der Waals surface area (Å²) in [4.78, 5) is 34.0. The van der Waals surface area contributed by atoms with E-state index >= 15 is 0 Å². The topological polar surface area (TPSA) is 75.3 Å². The van der Waals surface area contributed by atoms with E-state index in [0.29, 0.717) is 29.7 Å². The molecular weight excluding hydrogens is 402 g/mol. The number of hydrogen-bond acceptors (Lipinski definition) is 4. The molecule has 0 spiro atoms. The van der Waals surface area contributed by atoms with Crippen LogP contribution in [0.15, 0.2) is 41.3 Å². The Morgan fingerprint density at radius 2 is 1.93 bits per heavy atom. The first-order valence-corrected chi connectivity index (χ1v) is 10.5. The molecule has 3 heterocycles. The lowest BCUT2D eigenvalue weighted by Gasteiger charge is -2.32. The van der Waals surface area contributed by atoms with Gasteiger partial charge in [0.1, 0.15) is 5.75 Å². The highest BCUT2D eigenvalue weighted by Crippen LogP contribution is 2.28. The number of aromatic amines is 1. The van der Waals surface area contributed by atoms with Gasteiger partial charge in [-0.3, -0.25) is 14.6 Å². The Bertz CT molecular complexity index is 1130. The van der Waals surface area contributed by atoms with Gasteiger partial charge in [0.2, 0.25) is 0 Å². The normalized spacial score (nSPS) is 14.8. The van der Waals surface area contributed by atoms with Gasteiger partial charge in [-0.15, -0.1) is 0 Å². The van der Waals surface area contributed by atoms with Gasteiger partial charge < -0.3 is 14.6 Å². The number of fused-ring (bicyclic) bond motifs is 1. The van der Waals surface area contributed by atoms with Gasteiger partial charge >= 0.3 is 0 Å². The summed E-state index contributed by atoms with van der Waals surface area (Å²) in [6.45, 7) is 5.10. The van der Waals surface area contributed by atoms with Crippen LogP contribution in [0, 0.1) is 13.8 Å². The predicted molar refractivity (Wildman–Crippen MR) is 117 cm³/mol. The monoisotopic (exact) mass is 425 g/mol. The average Bonchev–Trinajstić information content (AvgIpc) is 2.75. The van der Waals surface area contributed by atoms with Gasteiger partial charge in [-0.25, -0.2) is 0 Å². The van der Waals surface area contributed by atoms with Crippen molar-refractivity contribution in [2.75, 3.05) is 19.7 Å². The van der Waals surface area contributed by atoms with Gasteiger partial charge in [0.15, 0.2) is 6.61 Å². The number of piperidine rings is 1. The second kappa shape index (κ2) is 8.48. The zero-order valence-corrected chi connectivity index (χ0v) is 17.8. The maximum absolute atomic E-state index is 12.6. The molecule has 0 unspecified atom stereocenters. The summed E-state index contributed by atoms with van der Waals surface area (Å²) in [6, 6.07) is 9.18. The molecule has 1 saturated heterocycles. The molecule has 4 rings (SSSR count). The Morgan fingerprint density at radius 3 is 2.63 bits per heavy atom. The van der Waals surface area contributed by atoms with Crippen LogP contribution in [-0.4, -0.2) is 40.5 Å². The van der Waals surface area contributed by atoms with Crippen LogP contribution in [-0.2, 0) is 4.79 Å². The highest BCUT2D eigenvalue weighted by Gasteiger charge is 2.25. The summed E-state index contributed by atoms with van der Waals surface area (Å²) in [5.41, 5.74) is 3.34. The standard InChI is InChI=1S/C23H24ClN3O3/c1-14-10-17(11-15(2)22(14)24)30-13-21(28)27-8-5-16(6-9-27)19-12-20-18(23(29)26-19)4-3-7-25-20/h3-4,7,10-12,16H,5-6,8-9,13H2,1-2H3,(H,26,29). The summed E-state index contributed by atoms with van der Waals surface area (Å²) in [5, 5.41) is 1.32. The van der Waals surface area contributed by atoms with E-state index in [4.69, 9.17) is 16.3 Å². The number of aryl methyl sites for hydroxylation is 2. The second-order valence-corrected chi connectivity index (χ2v) is 8.18. The fourth-order valence-electron chi connectivity index (χ4n) is 3.99. The summed E-state index contributed by atoms with van der Waals surface area (Å²) < 4.78 is 5.71. The van der Waals surface area contributed by atoms with Gasteiger partial charge in [0, 0.05) is 35.9 Å². The highest BCUT2D eigenvalue weighted by molar-refractivity contribution is 6.32. The first-order valence-electron chi connectivity index (χ1n) is 10.1. The van der Waals surface area contributed by atoms with Crippen LogP contribution in [0.3, 0.4) is 0 Å². The van der Waals surface area contributed by atoms with Gasteiger partial charge in [-0.2, -0.15) is 0 Å². The largest absolute Gasteiger partial charge is 0.484 e. The third kappa shape index (κ3) is 4.19. The molecule has 1 aromatic carbocycles. The quantitative estimate of drug-likeness (QED) is 0.686. The maximum Gasteiger partial charge on any atom is 0.260 e. The Morgan fingerprint density at radius 1 is 1.23 bits per heavy atom. The third-order valence-electron chi connectivity index (χ3n) is 5.69. The number of carbonyl (C=O) groups is 1. The molecular formula is C23H24ClN3O3. The maximum atomic E-state index is 12.6. The van der Waals surface area contributed by atoms with E-state index in [1.807, 2.05) is 36.9 Å². The van der Waals surface area contributed by atoms with Crippen molar-refractivity contribution >= 4 is 28.4 Å². The molecule has 1 amide bonds. The van der Waals surface area contributed by atoms with Gasteiger partial charge in [-0.1, -0.05) is 11.6 Å². The number of hydrogen-bond donors (Lipinski definition) is 1. The van der Waals surface area contributed by atoms with Gasteiger partial charge in [-0.05, 0) is 68.1 Å². The van der Waals surface area contributed by atoms with Crippen molar-refractivity contribution < 1.29 is 9.53 Å². The minimum absolute atomic E-state index is 0.00189. The van der Waals surface area contributed by atoms with Crippen LogP contribution < -0.4 is 10.3 Å². The predicted octanol–water partition coefficient (Wildman–Crippen LogP) is 3.98. The molecule has 156 valence electrons. The summed E-state index contributed by atoms with van der Waals surface area (Å²) in [6.07, 6.45) is 3.27. The number of halogens is 1. The van der Waals surface area contributed by atoms with E-state index < -0.39 is 0 Å². The van der Waals surface area contributed by atoms with Gasteiger partial charge in [0.25, 0.3) is 11.5 Å². The molecule has 2 aromatic heterocycles. The number of nitrogens with zero attached hydrogens (tertiary/aromatic N) is 2. The number of H-pyrrole nitrogens is 1. The first kappa shape index (κ1) is 20.4. The number of aromatic nitrogens is 2. The van der Waals surface area contributed by atoms with E-state index in [2.05, 4.69) is 9.97 Å². The van der Waals surface area contributed by atoms with Crippen molar-refractivity contribution in [1.29, 1.82) is 0 Å². The van der Waals surface area contributed by atoms with Crippen LogP contribution in [0.5, 0.6) is 5.75 Å². The molecule has 0 saturated carbocycles. The van der Waals surface area contributed by atoms with Crippen molar-refractivity contribution in [2.24, 2.45) is 0 Å². The van der Waals surface area contributed by atoms with Crippen molar-refractivity contribution in [3.63, 3.8) is 0 Å². The molecule has 7 heteroatoms. The summed E-state index contributed by atoms with van der Waals surface area (Å²) in [7, 11) is 0. The number of ether oxygens (including phenoxy) is 1. The molecule has 0 bridgehead atoms. The van der Waals surface area contributed by atoms with Crippen LogP contribution in [0.2, 0.25) is 5.02 Å². The molecule has 3 aromatic rings. The van der Waals surface area contributed by atoms with E-state index in [1.165, 1.54) is 0 Å². The van der Waals surface area contributed by atoms with Crippen molar-refractivity contribution in [3.8, 4) is 5.75 Å².